The molecule has 0 radical (unpaired) electrons. The van der Waals surface area contributed by atoms with E-state index in [0.29, 0.717) is 5.95 Å². The van der Waals surface area contributed by atoms with Gasteiger partial charge in [-0.15, -0.1) is 5.10 Å². The fourth-order valence-corrected chi connectivity index (χ4v) is 1.99. The fraction of sp³-hybridized carbons (Fsp3) is 0.700. The quantitative estimate of drug-likeness (QED) is 0.753. The second-order valence-corrected chi connectivity index (χ2v) is 5.11. The number of carboxylic acid groups (broad SMARTS) is 1. The second-order valence-electron chi connectivity index (χ2n) is 5.11. The number of hydrogen-bond acceptors (Lipinski definition) is 4. The number of anilines is 1. The molecular weight excluding hydrogens is 208 g/mol. The van der Waals surface area contributed by atoms with E-state index in [4.69, 9.17) is 5.11 Å². The second kappa shape index (κ2) is 3.47. The van der Waals surface area contributed by atoms with Crippen molar-refractivity contribution in [2.75, 3.05) is 11.9 Å². The van der Waals surface area contributed by atoms with Crippen molar-refractivity contribution in [1.82, 2.24) is 14.8 Å². The molecule has 1 aliphatic heterocycles. The fourth-order valence-electron chi connectivity index (χ4n) is 1.99. The van der Waals surface area contributed by atoms with Crippen LogP contribution >= 0.6 is 0 Å². The SMILES string of the molecule is CC(C)(C)C1CCNc2nc(C(=O)O)nn21. The molecule has 0 aliphatic carbocycles. The van der Waals surface area contributed by atoms with Crippen molar-refractivity contribution >= 4 is 11.9 Å². The predicted molar refractivity (Wildman–Crippen MR) is 58.6 cm³/mol. The minimum Gasteiger partial charge on any atom is -0.475 e. The Balaban J connectivity index is 2.42. The summed E-state index contributed by atoms with van der Waals surface area (Å²) >= 11 is 0. The molecule has 1 atom stereocenters. The van der Waals surface area contributed by atoms with Crippen molar-refractivity contribution in [3.63, 3.8) is 0 Å². The van der Waals surface area contributed by atoms with E-state index >= 15 is 0 Å². The monoisotopic (exact) mass is 224 g/mol. The maximum atomic E-state index is 10.8. The van der Waals surface area contributed by atoms with Gasteiger partial charge in [0.15, 0.2) is 0 Å². The molecule has 1 aliphatic rings. The number of hydrogen-bond donors (Lipinski definition) is 2. The molecular formula is C10H16N4O2. The van der Waals surface area contributed by atoms with Crippen LogP contribution in [0.4, 0.5) is 5.95 Å². The largest absolute Gasteiger partial charge is 0.475 e. The van der Waals surface area contributed by atoms with Gasteiger partial charge in [-0.2, -0.15) is 4.98 Å². The van der Waals surface area contributed by atoms with Crippen LogP contribution in [0.5, 0.6) is 0 Å². The van der Waals surface area contributed by atoms with E-state index < -0.39 is 5.97 Å². The van der Waals surface area contributed by atoms with Crippen LogP contribution in [0.25, 0.3) is 0 Å². The van der Waals surface area contributed by atoms with Crippen LogP contribution in [0, 0.1) is 5.41 Å². The van der Waals surface area contributed by atoms with Gasteiger partial charge in [-0.3, -0.25) is 0 Å². The first-order chi connectivity index (χ1) is 7.39. The maximum absolute atomic E-state index is 10.8. The van der Waals surface area contributed by atoms with Gasteiger partial charge in [0, 0.05) is 6.54 Å². The molecule has 6 nitrogen and oxygen atoms in total. The lowest BCUT2D eigenvalue weighted by atomic mass is 9.84. The molecule has 1 aromatic heterocycles. The lowest BCUT2D eigenvalue weighted by Crippen LogP contribution is -2.32. The molecule has 6 heteroatoms. The Morgan fingerprint density at radius 3 is 2.81 bits per heavy atom. The first kappa shape index (κ1) is 10.9. The summed E-state index contributed by atoms with van der Waals surface area (Å²) in [5.74, 6) is -0.668. The molecule has 2 N–H and O–H groups in total. The Hall–Kier alpha value is -1.59. The van der Waals surface area contributed by atoms with Crippen LogP contribution in [-0.2, 0) is 0 Å². The standard InChI is InChI=1S/C10H16N4O2/c1-10(2,3)6-4-5-11-9-12-7(8(15)16)13-14(6)9/h6H,4-5H2,1-3H3,(H,15,16)(H,11,12,13). The summed E-state index contributed by atoms with van der Waals surface area (Å²) < 4.78 is 1.70. The van der Waals surface area contributed by atoms with Gasteiger partial charge >= 0.3 is 5.97 Å². The Morgan fingerprint density at radius 2 is 2.25 bits per heavy atom. The summed E-state index contributed by atoms with van der Waals surface area (Å²) in [6, 6.07) is 0.185. The molecule has 0 aromatic carbocycles. The van der Waals surface area contributed by atoms with Gasteiger partial charge in [0.2, 0.25) is 5.95 Å². The summed E-state index contributed by atoms with van der Waals surface area (Å²) in [6.07, 6.45) is 0.929. The molecule has 88 valence electrons. The van der Waals surface area contributed by atoms with Gasteiger partial charge in [-0.1, -0.05) is 20.8 Å². The van der Waals surface area contributed by atoms with E-state index in [1.165, 1.54) is 0 Å². The Kier molecular flexibility index (Phi) is 2.36. The Labute approximate surface area is 93.7 Å². The van der Waals surface area contributed by atoms with Gasteiger partial charge in [-0.05, 0) is 11.8 Å². The highest BCUT2D eigenvalue weighted by atomic mass is 16.4. The van der Waals surface area contributed by atoms with Gasteiger partial charge in [0.1, 0.15) is 0 Å². The molecule has 0 fully saturated rings. The van der Waals surface area contributed by atoms with Crippen molar-refractivity contribution in [1.29, 1.82) is 0 Å². The zero-order valence-electron chi connectivity index (χ0n) is 9.69. The van der Waals surface area contributed by atoms with Crippen molar-refractivity contribution in [2.45, 2.75) is 33.2 Å². The summed E-state index contributed by atoms with van der Waals surface area (Å²) in [6.45, 7) is 7.17. The highest BCUT2D eigenvalue weighted by molar-refractivity contribution is 5.83. The van der Waals surface area contributed by atoms with Gasteiger partial charge in [0.25, 0.3) is 5.82 Å². The highest BCUT2D eigenvalue weighted by Gasteiger charge is 2.33. The molecule has 2 rings (SSSR count). The lowest BCUT2D eigenvalue weighted by molar-refractivity contribution is 0.0681. The maximum Gasteiger partial charge on any atom is 0.375 e. The number of aromatic carboxylic acids is 1. The van der Waals surface area contributed by atoms with Crippen LogP contribution in [0.15, 0.2) is 0 Å². The number of aromatic nitrogens is 3. The van der Waals surface area contributed by atoms with E-state index in [-0.39, 0.29) is 17.3 Å². The third kappa shape index (κ3) is 1.75. The third-order valence-corrected chi connectivity index (χ3v) is 2.82. The van der Waals surface area contributed by atoms with Crippen LogP contribution in [0.1, 0.15) is 43.9 Å². The molecule has 0 spiro atoms. The Bertz CT molecular complexity index is 419. The van der Waals surface area contributed by atoms with E-state index in [1.807, 2.05) is 0 Å². The molecule has 2 heterocycles. The highest BCUT2D eigenvalue weighted by Crippen LogP contribution is 2.36. The van der Waals surface area contributed by atoms with Crippen LogP contribution in [0.2, 0.25) is 0 Å². The summed E-state index contributed by atoms with van der Waals surface area (Å²) in [4.78, 5) is 14.8. The van der Waals surface area contributed by atoms with Crippen LogP contribution in [0.3, 0.4) is 0 Å². The average Bonchev–Trinajstić information content (AvgIpc) is 2.58. The van der Waals surface area contributed by atoms with Crippen molar-refractivity contribution in [3.8, 4) is 0 Å². The molecule has 0 bridgehead atoms. The summed E-state index contributed by atoms with van der Waals surface area (Å²) in [5.41, 5.74) is 0.0420. The normalized spacial score (nSPS) is 20.1. The van der Waals surface area contributed by atoms with Crippen molar-refractivity contribution in [2.24, 2.45) is 5.41 Å². The number of carboxylic acids is 1. The molecule has 0 saturated carbocycles. The van der Waals surface area contributed by atoms with Gasteiger partial charge < -0.3 is 10.4 Å². The number of rotatable bonds is 1. The lowest BCUT2D eigenvalue weighted by Gasteiger charge is -2.34. The number of nitrogens with one attached hydrogen (secondary N) is 1. The van der Waals surface area contributed by atoms with E-state index in [1.54, 1.807) is 4.68 Å². The van der Waals surface area contributed by atoms with Crippen molar-refractivity contribution < 1.29 is 9.90 Å². The van der Waals surface area contributed by atoms with Gasteiger partial charge in [-0.25, -0.2) is 9.48 Å². The van der Waals surface area contributed by atoms with Crippen LogP contribution < -0.4 is 5.32 Å². The first-order valence-corrected chi connectivity index (χ1v) is 5.33. The number of nitrogens with zero attached hydrogens (tertiary/aromatic N) is 3. The molecule has 1 unspecified atom stereocenters. The molecule has 16 heavy (non-hydrogen) atoms. The third-order valence-electron chi connectivity index (χ3n) is 2.82. The molecule has 0 saturated heterocycles. The van der Waals surface area contributed by atoms with E-state index in [9.17, 15) is 4.79 Å². The van der Waals surface area contributed by atoms with E-state index in [0.717, 1.165) is 13.0 Å². The number of fused-ring (bicyclic) bond motifs is 1. The van der Waals surface area contributed by atoms with Gasteiger partial charge in [0.05, 0.1) is 6.04 Å². The summed E-state index contributed by atoms with van der Waals surface area (Å²) in [5, 5.41) is 16.0. The smallest absolute Gasteiger partial charge is 0.375 e. The van der Waals surface area contributed by atoms with E-state index in [2.05, 4.69) is 36.2 Å². The topological polar surface area (TPSA) is 80.0 Å². The van der Waals surface area contributed by atoms with Crippen molar-refractivity contribution in [3.05, 3.63) is 5.82 Å². The zero-order valence-corrected chi connectivity index (χ0v) is 9.69. The minimum atomic E-state index is -1.09. The molecule has 1 aromatic rings. The average molecular weight is 224 g/mol. The number of carbonyl (C=O) groups is 1. The minimum absolute atomic E-state index is 0.0420. The summed E-state index contributed by atoms with van der Waals surface area (Å²) in [7, 11) is 0. The molecule has 0 amide bonds. The Morgan fingerprint density at radius 1 is 1.56 bits per heavy atom. The zero-order chi connectivity index (χ0) is 11.9. The van der Waals surface area contributed by atoms with Crippen LogP contribution in [-0.4, -0.2) is 32.4 Å². The predicted octanol–water partition coefficient (Wildman–Crippen LogP) is 1.38. The first-order valence-electron chi connectivity index (χ1n) is 5.33.